The molecule has 0 aliphatic carbocycles. The van der Waals surface area contributed by atoms with Crippen molar-refractivity contribution in [2.24, 2.45) is 0 Å². The van der Waals surface area contributed by atoms with Gasteiger partial charge in [-0.15, -0.1) is 0 Å². The number of nitrogens with zero attached hydrogens (tertiary/aromatic N) is 1. The van der Waals surface area contributed by atoms with E-state index in [4.69, 9.17) is 18.9 Å². The highest BCUT2D eigenvalue weighted by Gasteiger charge is 2.16. The number of benzene rings is 2. The average molecular weight is 463 g/mol. The van der Waals surface area contributed by atoms with Gasteiger partial charge in [0, 0.05) is 0 Å². The third-order valence-corrected chi connectivity index (χ3v) is 4.83. The van der Waals surface area contributed by atoms with Crippen molar-refractivity contribution in [3.05, 3.63) is 78.1 Å². The number of carbonyl (C=O) groups is 2. The van der Waals surface area contributed by atoms with Crippen molar-refractivity contribution in [1.82, 2.24) is 4.98 Å². The summed E-state index contributed by atoms with van der Waals surface area (Å²) >= 11 is 0. The van der Waals surface area contributed by atoms with Crippen LogP contribution in [0.4, 0.5) is 11.4 Å². The second-order valence-corrected chi connectivity index (χ2v) is 7.23. The molecule has 9 nitrogen and oxygen atoms in total. The lowest BCUT2D eigenvalue weighted by atomic mass is 10.2. The van der Waals surface area contributed by atoms with Crippen LogP contribution in [0.1, 0.15) is 21.0 Å². The molecule has 1 aliphatic heterocycles. The molecule has 2 N–H and O–H groups in total. The first-order chi connectivity index (χ1) is 16.7. The van der Waals surface area contributed by atoms with Crippen LogP contribution in [0.5, 0.6) is 11.5 Å². The number of carbonyl (C=O) groups excluding carboxylic acids is 2. The van der Waals surface area contributed by atoms with E-state index in [1.807, 2.05) is 12.1 Å². The molecule has 2 heterocycles. The molecule has 0 fully saturated rings. The van der Waals surface area contributed by atoms with E-state index in [2.05, 4.69) is 15.6 Å². The maximum absolute atomic E-state index is 12.8. The third kappa shape index (κ3) is 6.31. The number of nitrogens with one attached hydrogen (secondary N) is 2. The molecule has 34 heavy (non-hydrogen) atoms. The SMILES string of the molecule is O=C1Nc2ccccc2OCCOCCOCCOc2ccccc2NC(=O)c2cccc1n2. The Kier molecular flexibility index (Phi) is 8.04. The van der Waals surface area contributed by atoms with Crippen molar-refractivity contribution in [3.8, 4) is 11.5 Å². The van der Waals surface area contributed by atoms with Gasteiger partial charge < -0.3 is 29.6 Å². The van der Waals surface area contributed by atoms with E-state index in [9.17, 15) is 9.59 Å². The summed E-state index contributed by atoms with van der Waals surface area (Å²) in [6.07, 6.45) is 0. The van der Waals surface area contributed by atoms with Gasteiger partial charge in [-0.05, 0) is 36.4 Å². The average Bonchev–Trinajstić information content (AvgIpc) is 2.86. The lowest BCUT2D eigenvalue weighted by Crippen LogP contribution is -2.19. The number of hydrogen-bond donors (Lipinski definition) is 2. The lowest BCUT2D eigenvalue weighted by Gasteiger charge is -2.13. The van der Waals surface area contributed by atoms with E-state index in [-0.39, 0.29) is 11.4 Å². The molecule has 0 unspecified atom stereocenters. The van der Waals surface area contributed by atoms with Crippen LogP contribution >= 0.6 is 0 Å². The summed E-state index contributed by atoms with van der Waals surface area (Å²) < 4.78 is 22.6. The van der Waals surface area contributed by atoms with Gasteiger partial charge in [0.25, 0.3) is 11.8 Å². The second kappa shape index (κ2) is 11.8. The van der Waals surface area contributed by atoms with Crippen LogP contribution < -0.4 is 20.1 Å². The molecule has 0 saturated heterocycles. The Morgan fingerprint density at radius 1 is 0.559 bits per heavy atom. The second-order valence-electron chi connectivity index (χ2n) is 7.23. The van der Waals surface area contributed by atoms with E-state index < -0.39 is 11.8 Å². The maximum atomic E-state index is 12.8. The number of pyridine rings is 1. The predicted molar refractivity (Wildman–Crippen MR) is 126 cm³/mol. The van der Waals surface area contributed by atoms with Crippen molar-refractivity contribution < 1.29 is 28.5 Å². The van der Waals surface area contributed by atoms with Gasteiger partial charge in [-0.25, -0.2) is 4.98 Å². The predicted octanol–water partition coefficient (Wildman–Crippen LogP) is 3.39. The zero-order chi connectivity index (χ0) is 23.6. The van der Waals surface area contributed by atoms with Gasteiger partial charge in [0.2, 0.25) is 0 Å². The Bertz CT molecular complexity index is 1050. The monoisotopic (exact) mass is 463 g/mol. The number of rotatable bonds is 0. The lowest BCUT2D eigenvalue weighted by molar-refractivity contribution is 0.0275. The minimum atomic E-state index is -0.464. The van der Waals surface area contributed by atoms with Crippen LogP contribution in [-0.2, 0) is 9.47 Å². The van der Waals surface area contributed by atoms with E-state index in [0.29, 0.717) is 62.5 Å². The molecule has 9 heteroatoms. The highest BCUT2D eigenvalue weighted by Crippen LogP contribution is 2.25. The van der Waals surface area contributed by atoms with E-state index >= 15 is 0 Å². The topological polar surface area (TPSA) is 108 Å². The molecular weight excluding hydrogens is 438 g/mol. The number of anilines is 2. The molecule has 1 aromatic heterocycles. The van der Waals surface area contributed by atoms with Crippen molar-refractivity contribution >= 4 is 23.2 Å². The molecule has 1 aliphatic rings. The van der Waals surface area contributed by atoms with Crippen LogP contribution in [0.25, 0.3) is 0 Å². The number of hydrogen-bond acceptors (Lipinski definition) is 7. The Morgan fingerprint density at radius 2 is 1.00 bits per heavy atom. The van der Waals surface area contributed by atoms with Gasteiger partial charge in [-0.2, -0.15) is 0 Å². The maximum Gasteiger partial charge on any atom is 0.274 e. The first-order valence-electron chi connectivity index (χ1n) is 10.9. The van der Waals surface area contributed by atoms with Crippen molar-refractivity contribution in [2.75, 3.05) is 50.3 Å². The van der Waals surface area contributed by atoms with Crippen molar-refractivity contribution in [2.45, 2.75) is 0 Å². The smallest absolute Gasteiger partial charge is 0.274 e. The minimum absolute atomic E-state index is 0.0957. The quantitative estimate of drug-likeness (QED) is 0.526. The van der Waals surface area contributed by atoms with E-state index in [1.165, 1.54) is 12.1 Å². The largest absolute Gasteiger partial charge is 0.489 e. The third-order valence-electron chi connectivity index (χ3n) is 4.83. The van der Waals surface area contributed by atoms with Gasteiger partial charge in [-0.1, -0.05) is 30.3 Å². The Morgan fingerprint density at radius 3 is 1.50 bits per heavy atom. The zero-order valence-electron chi connectivity index (χ0n) is 18.5. The Hall–Kier alpha value is -3.95. The highest BCUT2D eigenvalue weighted by atomic mass is 16.6. The molecule has 0 spiro atoms. The summed E-state index contributed by atoms with van der Waals surface area (Å²) in [6, 6.07) is 18.8. The summed E-state index contributed by atoms with van der Waals surface area (Å²) in [5.41, 5.74) is 1.17. The molecule has 0 atom stereocenters. The van der Waals surface area contributed by atoms with Gasteiger partial charge in [0.05, 0.1) is 37.8 Å². The Balaban J connectivity index is 1.56. The van der Waals surface area contributed by atoms with Crippen LogP contribution in [0.2, 0.25) is 0 Å². The van der Waals surface area contributed by atoms with Gasteiger partial charge in [0.1, 0.15) is 36.1 Å². The van der Waals surface area contributed by atoms with Crippen LogP contribution in [-0.4, -0.2) is 56.4 Å². The molecule has 176 valence electrons. The zero-order valence-corrected chi connectivity index (χ0v) is 18.5. The molecule has 2 aromatic carbocycles. The summed E-state index contributed by atoms with van der Waals surface area (Å²) in [4.78, 5) is 29.9. The van der Waals surface area contributed by atoms with Crippen molar-refractivity contribution in [3.63, 3.8) is 0 Å². The van der Waals surface area contributed by atoms with Crippen LogP contribution in [0.15, 0.2) is 66.7 Å². The fraction of sp³-hybridized carbons (Fsp3) is 0.240. The van der Waals surface area contributed by atoms with Gasteiger partial charge >= 0.3 is 0 Å². The molecular formula is C25H25N3O6. The molecule has 0 radical (unpaired) electrons. The molecule has 2 bridgehead atoms. The fourth-order valence-corrected chi connectivity index (χ4v) is 3.19. The summed E-state index contributed by atoms with van der Waals surface area (Å²) in [5.74, 6) is 0.0796. The number of aromatic nitrogens is 1. The van der Waals surface area contributed by atoms with Gasteiger partial charge in [-0.3, -0.25) is 9.59 Å². The molecule has 3 aromatic rings. The number of fused-ring (bicyclic) bond motifs is 4. The van der Waals surface area contributed by atoms with E-state index in [0.717, 1.165) is 0 Å². The summed E-state index contributed by atoms with van der Waals surface area (Å²) in [7, 11) is 0. The summed E-state index contributed by atoms with van der Waals surface area (Å²) in [5, 5.41) is 5.58. The first kappa shape index (κ1) is 23.2. The number of amides is 2. The normalized spacial score (nSPS) is 15.8. The molecule has 4 rings (SSSR count). The molecule has 0 saturated carbocycles. The van der Waals surface area contributed by atoms with Gasteiger partial charge in [0.15, 0.2) is 0 Å². The first-order valence-corrected chi connectivity index (χ1v) is 10.9. The number of ether oxygens (including phenoxy) is 4. The molecule has 2 amide bonds. The highest BCUT2D eigenvalue weighted by molar-refractivity contribution is 6.06. The van der Waals surface area contributed by atoms with E-state index in [1.54, 1.807) is 42.5 Å². The van der Waals surface area contributed by atoms with Crippen molar-refractivity contribution in [1.29, 1.82) is 0 Å². The minimum Gasteiger partial charge on any atom is -0.489 e. The fourth-order valence-electron chi connectivity index (χ4n) is 3.19. The Labute approximate surface area is 197 Å². The number of para-hydroxylation sites is 4. The summed E-state index contributed by atoms with van der Waals surface area (Å²) in [6.45, 7) is 2.17. The van der Waals surface area contributed by atoms with Crippen LogP contribution in [0, 0.1) is 0 Å². The standard InChI is InChI=1S/C25H25N3O6/c29-24-20-8-5-9-21(26-20)25(30)28-19-7-2-4-11-23(19)34-17-15-32-13-12-31-14-16-33-22-10-3-1-6-18(22)27-24/h1-11H,12-17H2,(H,27,29)(H,28,30). The van der Waals surface area contributed by atoms with Crippen LogP contribution in [0.3, 0.4) is 0 Å².